The summed E-state index contributed by atoms with van der Waals surface area (Å²) in [6, 6.07) is 14.7. The molecule has 0 radical (unpaired) electrons. The van der Waals surface area contributed by atoms with Gasteiger partial charge in [0.1, 0.15) is 11.3 Å². The molecule has 1 saturated heterocycles. The van der Waals surface area contributed by atoms with Gasteiger partial charge in [-0.05, 0) is 68.2 Å². The highest BCUT2D eigenvalue weighted by molar-refractivity contribution is 5.93. The number of fused-ring (bicyclic) bond motifs is 1. The molecule has 162 valence electrons. The Morgan fingerprint density at radius 3 is 2.55 bits per heavy atom. The lowest BCUT2D eigenvalue weighted by molar-refractivity contribution is 0.0897. The summed E-state index contributed by atoms with van der Waals surface area (Å²) in [7, 11) is 1.65. The Hall–Kier alpha value is -3.12. The Kier molecular flexibility index (Phi) is 6.37. The number of nitrogens with one attached hydrogen (secondary N) is 1. The van der Waals surface area contributed by atoms with Gasteiger partial charge < -0.3 is 14.5 Å². The topological polar surface area (TPSA) is 71.8 Å². The summed E-state index contributed by atoms with van der Waals surface area (Å²) >= 11 is 0. The first-order valence-electron chi connectivity index (χ1n) is 10.8. The van der Waals surface area contributed by atoms with Gasteiger partial charge in [-0.1, -0.05) is 24.6 Å². The molecule has 2 aromatic carbocycles. The van der Waals surface area contributed by atoms with E-state index in [0.29, 0.717) is 17.5 Å². The Balaban J connectivity index is 1.55. The number of ether oxygens (including phenoxy) is 1. The molecule has 1 fully saturated rings. The zero-order valence-electron chi connectivity index (χ0n) is 18.0. The summed E-state index contributed by atoms with van der Waals surface area (Å²) in [6.45, 7) is 4.35. The summed E-state index contributed by atoms with van der Waals surface area (Å²) < 4.78 is 11.0. The molecule has 0 saturated carbocycles. The molecule has 0 bridgehead atoms. The molecular formula is C25H28N2O4. The van der Waals surface area contributed by atoms with Crippen molar-refractivity contribution in [2.75, 3.05) is 26.7 Å². The summed E-state index contributed by atoms with van der Waals surface area (Å²) in [5.41, 5.74) is 2.31. The van der Waals surface area contributed by atoms with Crippen molar-refractivity contribution in [3.05, 3.63) is 75.6 Å². The van der Waals surface area contributed by atoms with Crippen LogP contribution in [0.1, 0.15) is 47.0 Å². The number of benzene rings is 2. The van der Waals surface area contributed by atoms with E-state index in [0.717, 1.165) is 42.8 Å². The highest BCUT2D eigenvalue weighted by Gasteiger charge is 2.24. The van der Waals surface area contributed by atoms with E-state index in [1.165, 1.54) is 12.5 Å². The van der Waals surface area contributed by atoms with Gasteiger partial charge in [-0.3, -0.25) is 14.5 Å². The van der Waals surface area contributed by atoms with Crippen molar-refractivity contribution in [1.82, 2.24) is 10.2 Å². The fourth-order valence-electron chi connectivity index (χ4n) is 4.16. The molecule has 1 amide bonds. The van der Waals surface area contributed by atoms with E-state index < -0.39 is 0 Å². The van der Waals surface area contributed by atoms with Crippen LogP contribution in [-0.2, 0) is 0 Å². The standard InChI is InChI=1S/C25H28N2O4/c1-17-6-11-20-22(28)15-24(31-23(20)14-17)25(29)26-16-21(27-12-4-3-5-13-27)18-7-9-19(30-2)10-8-18/h6-11,14-15,21H,3-5,12-13,16H2,1-2H3,(H,26,29). The highest BCUT2D eigenvalue weighted by atomic mass is 16.5. The van der Waals surface area contributed by atoms with Crippen molar-refractivity contribution in [3.8, 4) is 5.75 Å². The smallest absolute Gasteiger partial charge is 0.287 e. The SMILES string of the molecule is COc1ccc(C(CNC(=O)c2cc(=O)c3ccc(C)cc3o2)N2CCCCC2)cc1. The minimum absolute atomic E-state index is 0.0372. The third-order valence-electron chi connectivity index (χ3n) is 5.90. The summed E-state index contributed by atoms with van der Waals surface area (Å²) in [6.07, 6.45) is 3.54. The molecule has 1 unspecified atom stereocenters. The molecule has 1 aliphatic heterocycles. The molecule has 31 heavy (non-hydrogen) atoms. The summed E-state index contributed by atoms with van der Waals surface area (Å²) in [5, 5.41) is 3.46. The Labute approximate surface area is 181 Å². The van der Waals surface area contributed by atoms with Crippen molar-refractivity contribution in [2.24, 2.45) is 0 Å². The van der Waals surface area contributed by atoms with E-state index in [9.17, 15) is 9.59 Å². The number of likely N-dealkylation sites (tertiary alicyclic amines) is 1. The van der Waals surface area contributed by atoms with Crippen molar-refractivity contribution < 1.29 is 13.9 Å². The van der Waals surface area contributed by atoms with E-state index in [1.807, 2.05) is 37.3 Å². The van der Waals surface area contributed by atoms with E-state index in [2.05, 4.69) is 10.2 Å². The molecule has 6 nitrogen and oxygen atoms in total. The predicted octanol–water partition coefficient (Wildman–Crippen LogP) is 4.07. The van der Waals surface area contributed by atoms with Gasteiger partial charge in [0.15, 0.2) is 11.2 Å². The third kappa shape index (κ3) is 4.80. The van der Waals surface area contributed by atoms with Crippen LogP contribution in [0.3, 0.4) is 0 Å². The Morgan fingerprint density at radius 2 is 1.84 bits per heavy atom. The van der Waals surface area contributed by atoms with E-state index >= 15 is 0 Å². The van der Waals surface area contributed by atoms with E-state index in [-0.39, 0.29) is 23.1 Å². The number of hydrogen-bond acceptors (Lipinski definition) is 5. The van der Waals surface area contributed by atoms with Crippen LogP contribution in [0.5, 0.6) is 5.75 Å². The van der Waals surface area contributed by atoms with Crippen LogP contribution in [0, 0.1) is 6.92 Å². The summed E-state index contributed by atoms with van der Waals surface area (Å²) in [5.74, 6) is 0.463. The molecular weight excluding hydrogens is 392 g/mol. The maximum Gasteiger partial charge on any atom is 0.287 e. The lowest BCUT2D eigenvalue weighted by Crippen LogP contribution is -2.40. The van der Waals surface area contributed by atoms with Crippen LogP contribution in [0.2, 0.25) is 0 Å². The largest absolute Gasteiger partial charge is 0.497 e. The van der Waals surface area contributed by atoms with Gasteiger partial charge >= 0.3 is 0 Å². The van der Waals surface area contributed by atoms with Crippen LogP contribution >= 0.6 is 0 Å². The fraction of sp³-hybridized carbons (Fsp3) is 0.360. The molecule has 4 rings (SSSR count). The first kappa shape index (κ1) is 21.1. The normalized spacial score (nSPS) is 15.5. The molecule has 1 atom stereocenters. The lowest BCUT2D eigenvalue weighted by Gasteiger charge is -2.35. The number of methoxy groups -OCH3 is 1. The Morgan fingerprint density at radius 1 is 1.10 bits per heavy atom. The number of piperidine rings is 1. The van der Waals surface area contributed by atoms with E-state index in [4.69, 9.17) is 9.15 Å². The van der Waals surface area contributed by atoms with Gasteiger partial charge in [0, 0.05) is 12.6 Å². The second-order valence-corrected chi connectivity index (χ2v) is 8.07. The minimum atomic E-state index is -0.379. The van der Waals surface area contributed by atoms with Crippen LogP contribution < -0.4 is 15.5 Å². The monoisotopic (exact) mass is 420 g/mol. The first-order chi connectivity index (χ1) is 15.0. The van der Waals surface area contributed by atoms with Crippen molar-refractivity contribution >= 4 is 16.9 Å². The third-order valence-corrected chi connectivity index (χ3v) is 5.90. The predicted molar refractivity (Wildman–Crippen MR) is 121 cm³/mol. The molecule has 3 aromatic rings. The first-order valence-corrected chi connectivity index (χ1v) is 10.8. The second kappa shape index (κ2) is 9.35. The molecule has 1 aliphatic rings. The molecule has 2 heterocycles. The average molecular weight is 421 g/mol. The molecule has 0 spiro atoms. The fourth-order valence-corrected chi connectivity index (χ4v) is 4.16. The Bertz CT molecular complexity index is 1110. The molecule has 1 aromatic heterocycles. The van der Waals surface area contributed by atoms with Crippen molar-refractivity contribution in [3.63, 3.8) is 0 Å². The van der Waals surface area contributed by atoms with Gasteiger partial charge in [-0.2, -0.15) is 0 Å². The van der Waals surface area contributed by atoms with Crippen LogP contribution in [0.15, 0.2) is 57.7 Å². The lowest BCUT2D eigenvalue weighted by atomic mass is 10.0. The van der Waals surface area contributed by atoms with Crippen LogP contribution in [-0.4, -0.2) is 37.6 Å². The van der Waals surface area contributed by atoms with Gasteiger partial charge in [-0.15, -0.1) is 0 Å². The maximum atomic E-state index is 12.9. The zero-order valence-corrected chi connectivity index (χ0v) is 18.0. The van der Waals surface area contributed by atoms with Gasteiger partial charge in [0.2, 0.25) is 0 Å². The quantitative estimate of drug-likeness (QED) is 0.651. The summed E-state index contributed by atoms with van der Waals surface area (Å²) in [4.78, 5) is 27.7. The maximum absolute atomic E-state index is 12.9. The number of nitrogens with zero attached hydrogens (tertiary/aromatic N) is 1. The average Bonchev–Trinajstić information content (AvgIpc) is 2.79. The van der Waals surface area contributed by atoms with Gasteiger partial charge in [0.05, 0.1) is 18.5 Å². The van der Waals surface area contributed by atoms with Crippen molar-refractivity contribution in [2.45, 2.75) is 32.2 Å². The molecule has 6 heteroatoms. The zero-order chi connectivity index (χ0) is 21.8. The molecule has 0 aliphatic carbocycles. The number of amides is 1. The van der Waals surface area contributed by atoms with Gasteiger partial charge in [-0.25, -0.2) is 0 Å². The molecule has 1 N–H and O–H groups in total. The number of carbonyl (C=O) groups excluding carboxylic acids is 1. The van der Waals surface area contributed by atoms with E-state index in [1.54, 1.807) is 19.2 Å². The number of aryl methyl sites for hydroxylation is 1. The number of hydrogen-bond donors (Lipinski definition) is 1. The second-order valence-electron chi connectivity index (χ2n) is 8.07. The van der Waals surface area contributed by atoms with Gasteiger partial charge in [0.25, 0.3) is 5.91 Å². The van der Waals surface area contributed by atoms with Crippen LogP contribution in [0.4, 0.5) is 0 Å². The number of rotatable bonds is 6. The number of carbonyl (C=O) groups is 1. The highest BCUT2D eigenvalue weighted by Crippen LogP contribution is 2.26. The minimum Gasteiger partial charge on any atom is -0.497 e. The van der Waals surface area contributed by atoms with Crippen LogP contribution in [0.25, 0.3) is 11.0 Å². The van der Waals surface area contributed by atoms with Crippen molar-refractivity contribution in [1.29, 1.82) is 0 Å².